The summed E-state index contributed by atoms with van der Waals surface area (Å²) in [5, 5.41) is 24.5. The van der Waals surface area contributed by atoms with E-state index < -0.39 is 0 Å². The number of carbonyl (C=O) groups is 1. The van der Waals surface area contributed by atoms with Crippen molar-refractivity contribution >= 4 is 22.9 Å². The molecular weight excluding hydrogens is 292 g/mol. The molecule has 0 fully saturated rings. The van der Waals surface area contributed by atoms with Gasteiger partial charge in [-0.1, -0.05) is 36.4 Å². The maximum absolute atomic E-state index is 12.3. The first-order valence-corrected chi connectivity index (χ1v) is 6.98. The van der Waals surface area contributed by atoms with E-state index in [9.17, 15) is 15.0 Å². The van der Waals surface area contributed by atoms with Crippen LogP contribution in [0.4, 0.5) is 0 Å². The molecule has 0 aliphatic heterocycles. The fourth-order valence-electron chi connectivity index (χ4n) is 2.29. The molecule has 3 rings (SSSR count). The lowest BCUT2D eigenvalue weighted by Crippen LogP contribution is -2.17. The molecule has 0 saturated heterocycles. The van der Waals surface area contributed by atoms with Crippen LogP contribution in [0.1, 0.15) is 15.9 Å². The number of nitrogens with zero attached hydrogens (tertiary/aromatic N) is 1. The van der Waals surface area contributed by atoms with Crippen LogP contribution >= 0.6 is 0 Å². The molecule has 0 saturated carbocycles. The van der Waals surface area contributed by atoms with Crippen LogP contribution in [0.25, 0.3) is 10.8 Å². The maximum Gasteiger partial charge on any atom is 0.271 e. The van der Waals surface area contributed by atoms with Crippen LogP contribution in [-0.4, -0.2) is 22.3 Å². The first kappa shape index (κ1) is 14.6. The van der Waals surface area contributed by atoms with Crippen molar-refractivity contribution < 1.29 is 15.0 Å². The average molecular weight is 306 g/mol. The highest BCUT2D eigenvalue weighted by Crippen LogP contribution is 2.21. The van der Waals surface area contributed by atoms with E-state index in [0.29, 0.717) is 11.1 Å². The Morgan fingerprint density at radius 2 is 1.78 bits per heavy atom. The normalized spacial score (nSPS) is 11.0. The molecule has 0 heterocycles. The zero-order valence-corrected chi connectivity index (χ0v) is 12.1. The van der Waals surface area contributed by atoms with Crippen molar-refractivity contribution in [1.82, 2.24) is 5.43 Å². The van der Waals surface area contributed by atoms with Gasteiger partial charge in [-0.3, -0.25) is 4.79 Å². The molecule has 3 N–H and O–H groups in total. The third-order valence-electron chi connectivity index (χ3n) is 3.42. The minimum Gasteiger partial charge on any atom is -0.508 e. The number of hydrogen-bond donors (Lipinski definition) is 3. The Kier molecular flexibility index (Phi) is 3.93. The van der Waals surface area contributed by atoms with E-state index in [2.05, 4.69) is 10.5 Å². The molecule has 114 valence electrons. The second-order valence-corrected chi connectivity index (χ2v) is 4.97. The second kappa shape index (κ2) is 6.19. The van der Waals surface area contributed by atoms with E-state index >= 15 is 0 Å². The van der Waals surface area contributed by atoms with E-state index in [1.54, 1.807) is 6.07 Å². The minimum atomic E-state index is -0.337. The van der Waals surface area contributed by atoms with Crippen LogP contribution in [0, 0.1) is 0 Å². The summed E-state index contributed by atoms with van der Waals surface area (Å²) < 4.78 is 0. The lowest BCUT2D eigenvalue weighted by Gasteiger charge is -2.05. The van der Waals surface area contributed by atoms with Crippen molar-refractivity contribution in [1.29, 1.82) is 0 Å². The van der Waals surface area contributed by atoms with Gasteiger partial charge in [0.05, 0.1) is 6.21 Å². The fraction of sp³-hybridized carbons (Fsp3) is 0. The van der Waals surface area contributed by atoms with Gasteiger partial charge in [0.15, 0.2) is 0 Å². The number of hydrazone groups is 1. The smallest absolute Gasteiger partial charge is 0.271 e. The average Bonchev–Trinajstić information content (AvgIpc) is 2.56. The van der Waals surface area contributed by atoms with Gasteiger partial charge in [0.25, 0.3) is 5.91 Å². The summed E-state index contributed by atoms with van der Waals surface area (Å²) in [5.41, 5.74) is 3.35. The molecule has 0 spiro atoms. The molecule has 0 unspecified atom stereocenters. The third-order valence-corrected chi connectivity index (χ3v) is 3.42. The van der Waals surface area contributed by atoms with Gasteiger partial charge in [-0.15, -0.1) is 0 Å². The number of hydrogen-bond acceptors (Lipinski definition) is 4. The van der Waals surface area contributed by atoms with Crippen LogP contribution in [0.15, 0.2) is 65.8 Å². The number of aromatic hydroxyl groups is 2. The highest BCUT2D eigenvalue weighted by Gasteiger charge is 2.08. The lowest BCUT2D eigenvalue weighted by molar-refractivity contribution is 0.0956. The fourth-order valence-corrected chi connectivity index (χ4v) is 2.29. The third kappa shape index (κ3) is 3.13. The zero-order chi connectivity index (χ0) is 16.2. The van der Waals surface area contributed by atoms with E-state index in [4.69, 9.17) is 0 Å². The topological polar surface area (TPSA) is 81.9 Å². The second-order valence-electron chi connectivity index (χ2n) is 4.97. The molecule has 0 aliphatic carbocycles. The largest absolute Gasteiger partial charge is 0.508 e. The number of fused-ring (bicyclic) bond motifs is 1. The Balaban J connectivity index is 1.80. The Morgan fingerprint density at radius 3 is 2.61 bits per heavy atom. The van der Waals surface area contributed by atoms with E-state index in [1.807, 2.05) is 36.4 Å². The highest BCUT2D eigenvalue weighted by atomic mass is 16.3. The Labute approximate surface area is 132 Å². The van der Waals surface area contributed by atoms with Gasteiger partial charge in [-0.25, -0.2) is 5.43 Å². The molecular formula is C18H14N2O3. The number of carbonyl (C=O) groups excluding carboxylic acids is 1. The van der Waals surface area contributed by atoms with Crippen molar-refractivity contribution in [2.24, 2.45) is 5.10 Å². The van der Waals surface area contributed by atoms with Crippen LogP contribution in [0.3, 0.4) is 0 Å². The lowest BCUT2D eigenvalue weighted by atomic mass is 10.0. The van der Waals surface area contributed by atoms with Gasteiger partial charge in [0, 0.05) is 17.2 Å². The standard InChI is InChI=1S/C18H14N2O3/c21-14-9-8-13(17(22)10-14)11-19-20-18(23)16-7-3-5-12-4-1-2-6-15(12)16/h1-11,21-22H,(H,20,23). The summed E-state index contributed by atoms with van der Waals surface area (Å²) in [6.45, 7) is 0. The maximum atomic E-state index is 12.3. The van der Waals surface area contributed by atoms with Gasteiger partial charge < -0.3 is 10.2 Å². The summed E-state index contributed by atoms with van der Waals surface area (Å²) in [7, 11) is 0. The van der Waals surface area contributed by atoms with Gasteiger partial charge >= 0.3 is 0 Å². The van der Waals surface area contributed by atoms with Crippen molar-refractivity contribution in [3.63, 3.8) is 0 Å². The molecule has 5 heteroatoms. The van der Waals surface area contributed by atoms with Crippen LogP contribution < -0.4 is 5.43 Å². The molecule has 23 heavy (non-hydrogen) atoms. The van der Waals surface area contributed by atoms with Gasteiger partial charge in [0.1, 0.15) is 11.5 Å². The Bertz CT molecular complexity index is 898. The molecule has 0 radical (unpaired) electrons. The molecule has 0 aromatic heterocycles. The quantitative estimate of drug-likeness (QED) is 0.514. The summed E-state index contributed by atoms with van der Waals surface area (Å²) >= 11 is 0. The predicted octanol–water partition coefficient (Wildman–Crippen LogP) is 3.01. The first-order valence-electron chi connectivity index (χ1n) is 6.98. The number of phenolic OH excluding ortho intramolecular Hbond substituents is 2. The molecule has 1 amide bonds. The molecule has 0 aliphatic rings. The number of benzene rings is 3. The monoisotopic (exact) mass is 306 g/mol. The summed E-state index contributed by atoms with van der Waals surface area (Å²) in [6.07, 6.45) is 1.32. The van der Waals surface area contributed by atoms with Crippen molar-refractivity contribution in [2.75, 3.05) is 0 Å². The predicted molar refractivity (Wildman–Crippen MR) is 88.8 cm³/mol. The molecule has 0 bridgehead atoms. The van der Waals surface area contributed by atoms with Gasteiger partial charge in [-0.05, 0) is 29.0 Å². The summed E-state index contributed by atoms with van der Waals surface area (Å²) in [5.74, 6) is -0.496. The molecule has 5 nitrogen and oxygen atoms in total. The van der Waals surface area contributed by atoms with Crippen molar-refractivity contribution in [3.05, 3.63) is 71.8 Å². The number of phenols is 2. The SMILES string of the molecule is O=C(NN=Cc1ccc(O)cc1O)c1cccc2ccccc12. The van der Waals surface area contributed by atoms with E-state index in [0.717, 1.165) is 10.8 Å². The van der Waals surface area contributed by atoms with E-state index in [-0.39, 0.29) is 17.4 Å². The number of nitrogens with one attached hydrogen (secondary N) is 1. The molecule has 3 aromatic carbocycles. The summed E-state index contributed by atoms with van der Waals surface area (Å²) in [6, 6.07) is 17.2. The summed E-state index contributed by atoms with van der Waals surface area (Å²) in [4.78, 5) is 12.3. The number of amides is 1. The van der Waals surface area contributed by atoms with Crippen molar-refractivity contribution in [2.45, 2.75) is 0 Å². The van der Waals surface area contributed by atoms with E-state index in [1.165, 1.54) is 24.4 Å². The van der Waals surface area contributed by atoms with Crippen molar-refractivity contribution in [3.8, 4) is 11.5 Å². The zero-order valence-electron chi connectivity index (χ0n) is 12.1. The Hall–Kier alpha value is -3.34. The molecule has 0 atom stereocenters. The van der Waals surface area contributed by atoms with Gasteiger partial charge in [-0.2, -0.15) is 5.10 Å². The van der Waals surface area contributed by atoms with Gasteiger partial charge in [0.2, 0.25) is 0 Å². The molecule has 3 aromatic rings. The van der Waals surface area contributed by atoms with Crippen LogP contribution in [0.5, 0.6) is 11.5 Å². The van der Waals surface area contributed by atoms with Crippen LogP contribution in [0.2, 0.25) is 0 Å². The Morgan fingerprint density at radius 1 is 1.00 bits per heavy atom. The number of rotatable bonds is 3. The van der Waals surface area contributed by atoms with Crippen LogP contribution in [-0.2, 0) is 0 Å². The minimum absolute atomic E-state index is 0.0422. The highest BCUT2D eigenvalue weighted by molar-refractivity contribution is 6.07. The first-order chi connectivity index (χ1) is 11.1.